The number of alkyl halides is 5. The van der Waals surface area contributed by atoms with Crippen LogP contribution < -0.4 is 0 Å². The summed E-state index contributed by atoms with van der Waals surface area (Å²) in [7, 11) is 0. The molecule has 1 aliphatic carbocycles. The zero-order chi connectivity index (χ0) is 19.4. The van der Waals surface area contributed by atoms with Crippen molar-refractivity contribution in [1.29, 1.82) is 0 Å². The highest BCUT2D eigenvalue weighted by Gasteiger charge is 2.54. The Balaban J connectivity index is 1.25. The molecule has 3 fully saturated rings. The van der Waals surface area contributed by atoms with Gasteiger partial charge in [0.1, 0.15) is 5.69 Å². The average Bonchev–Trinajstić information content (AvgIpc) is 2.49. The molecule has 0 amide bonds. The number of hydrogen-bond acceptors (Lipinski definition) is 4. The van der Waals surface area contributed by atoms with E-state index in [0.717, 1.165) is 37.1 Å². The van der Waals surface area contributed by atoms with E-state index in [1.165, 1.54) is 18.0 Å². The van der Waals surface area contributed by atoms with E-state index in [4.69, 9.17) is 0 Å². The second-order valence-electron chi connectivity index (χ2n) is 8.16. The van der Waals surface area contributed by atoms with Gasteiger partial charge in [0, 0.05) is 55.4 Å². The Hall–Kier alpha value is -0.930. The van der Waals surface area contributed by atoms with Crippen molar-refractivity contribution in [3.05, 3.63) is 23.5 Å². The average molecular weight is 407 g/mol. The van der Waals surface area contributed by atoms with Gasteiger partial charge in [-0.1, -0.05) is 0 Å². The molecule has 3 nitrogen and oxygen atoms in total. The first-order chi connectivity index (χ1) is 12.6. The lowest BCUT2D eigenvalue weighted by molar-refractivity contribution is -0.141. The lowest BCUT2D eigenvalue weighted by Gasteiger charge is -2.62. The number of likely N-dealkylation sites (tertiary alicyclic amines) is 1. The molecule has 0 radical (unpaired) electrons. The third-order valence-electron chi connectivity index (χ3n) is 5.86. The monoisotopic (exact) mass is 407 g/mol. The predicted octanol–water partition coefficient (Wildman–Crippen LogP) is 4.61. The fourth-order valence-corrected chi connectivity index (χ4v) is 5.63. The molecule has 4 rings (SSSR count). The zero-order valence-electron chi connectivity index (χ0n) is 15.0. The topological polar surface area (TPSA) is 19.4 Å². The van der Waals surface area contributed by atoms with Gasteiger partial charge in [-0.3, -0.25) is 4.90 Å². The molecule has 27 heavy (non-hydrogen) atoms. The van der Waals surface area contributed by atoms with Crippen LogP contribution in [0.3, 0.4) is 0 Å². The summed E-state index contributed by atoms with van der Waals surface area (Å²) >= 11 is 1.45. The van der Waals surface area contributed by atoms with E-state index >= 15 is 0 Å². The van der Waals surface area contributed by atoms with Crippen LogP contribution in [0.15, 0.2) is 17.0 Å². The normalized spacial score (nSPS) is 26.0. The van der Waals surface area contributed by atoms with Crippen LogP contribution >= 0.6 is 11.9 Å². The summed E-state index contributed by atoms with van der Waals surface area (Å²) in [5.74, 6) is -2.49. The van der Waals surface area contributed by atoms with Gasteiger partial charge in [0.15, 0.2) is 0 Å². The molecule has 3 heterocycles. The van der Waals surface area contributed by atoms with Crippen molar-refractivity contribution in [3.63, 3.8) is 0 Å². The van der Waals surface area contributed by atoms with Crippen molar-refractivity contribution in [3.8, 4) is 0 Å². The van der Waals surface area contributed by atoms with E-state index in [-0.39, 0.29) is 24.3 Å². The Labute approximate surface area is 159 Å². The first kappa shape index (κ1) is 19.4. The van der Waals surface area contributed by atoms with E-state index < -0.39 is 17.8 Å². The standard InChI is InChI=1S/C18H22F5N3S/c1-12-14(2-3-15(24-12)18(21,22)23)27-26-10-16(11-26)8-25(9-16)13-4-6-17(19,20)7-5-13/h2-3,13H,4-11H2,1H3. The minimum atomic E-state index is -4.42. The molecule has 3 aliphatic rings. The molecule has 1 saturated carbocycles. The van der Waals surface area contributed by atoms with Crippen LogP contribution in [-0.4, -0.2) is 52.3 Å². The van der Waals surface area contributed by atoms with Crippen LogP contribution in [0.4, 0.5) is 22.0 Å². The molecule has 1 aromatic rings. The highest BCUT2D eigenvalue weighted by Crippen LogP contribution is 2.47. The third kappa shape index (κ3) is 3.96. The second kappa shape index (κ2) is 6.56. The minimum Gasteiger partial charge on any atom is -0.299 e. The molecule has 9 heteroatoms. The number of aromatic nitrogens is 1. The maximum Gasteiger partial charge on any atom is 0.433 e. The summed E-state index contributed by atoms with van der Waals surface area (Å²) in [6.45, 7) is 5.21. The number of nitrogens with zero attached hydrogens (tertiary/aromatic N) is 3. The fraction of sp³-hybridized carbons (Fsp3) is 0.722. The molecule has 2 aliphatic heterocycles. The number of aryl methyl sites for hydroxylation is 1. The number of pyridine rings is 1. The van der Waals surface area contributed by atoms with Crippen LogP contribution in [0.2, 0.25) is 0 Å². The summed E-state index contributed by atoms with van der Waals surface area (Å²) in [6.07, 6.45) is -3.31. The molecule has 1 spiro atoms. The summed E-state index contributed by atoms with van der Waals surface area (Å²) in [6, 6.07) is 2.78. The van der Waals surface area contributed by atoms with Crippen molar-refractivity contribution in [2.24, 2.45) is 5.41 Å². The van der Waals surface area contributed by atoms with Crippen molar-refractivity contribution in [2.75, 3.05) is 26.2 Å². The second-order valence-corrected chi connectivity index (χ2v) is 9.30. The van der Waals surface area contributed by atoms with Gasteiger partial charge in [0.05, 0.1) is 5.69 Å². The van der Waals surface area contributed by atoms with Crippen LogP contribution in [-0.2, 0) is 6.18 Å². The predicted molar refractivity (Wildman–Crippen MR) is 92.6 cm³/mol. The highest BCUT2D eigenvalue weighted by atomic mass is 32.2. The van der Waals surface area contributed by atoms with Crippen LogP contribution in [0, 0.1) is 12.3 Å². The molecule has 0 unspecified atom stereocenters. The lowest BCUT2D eigenvalue weighted by Crippen LogP contribution is -2.72. The Morgan fingerprint density at radius 1 is 1.07 bits per heavy atom. The van der Waals surface area contributed by atoms with E-state index in [1.54, 1.807) is 6.92 Å². The van der Waals surface area contributed by atoms with E-state index in [9.17, 15) is 22.0 Å². The largest absolute Gasteiger partial charge is 0.433 e. The SMILES string of the molecule is Cc1nc(C(F)(F)F)ccc1SN1CC2(C1)CN(C1CCC(F)(F)CC1)C2. The molecular weight excluding hydrogens is 385 g/mol. The molecule has 0 bridgehead atoms. The summed E-state index contributed by atoms with van der Waals surface area (Å²) in [5.41, 5.74) is -0.258. The maximum atomic E-state index is 13.3. The fourth-order valence-electron chi connectivity index (χ4n) is 4.37. The molecule has 0 N–H and O–H groups in total. The maximum absolute atomic E-state index is 13.3. The lowest BCUT2D eigenvalue weighted by atomic mass is 9.72. The van der Waals surface area contributed by atoms with Gasteiger partial charge in [0.2, 0.25) is 5.92 Å². The Morgan fingerprint density at radius 3 is 2.26 bits per heavy atom. The van der Waals surface area contributed by atoms with Gasteiger partial charge in [-0.15, -0.1) is 0 Å². The molecule has 0 atom stereocenters. The van der Waals surface area contributed by atoms with Crippen molar-refractivity contribution in [1.82, 2.24) is 14.2 Å². The molecule has 1 aromatic heterocycles. The quantitative estimate of drug-likeness (QED) is 0.538. The van der Waals surface area contributed by atoms with Gasteiger partial charge < -0.3 is 0 Å². The van der Waals surface area contributed by atoms with Crippen LogP contribution in [0.25, 0.3) is 0 Å². The first-order valence-corrected chi connectivity index (χ1v) is 9.92. The smallest absolute Gasteiger partial charge is 0.299 e. The molecule has 0 aromatic carbocycles. The van der Waals surface area contributed by atoms with Gasteiger partial charge in [0.25, 0.3) is 0 Å². The van der Waals surface area contributed by atoms with E-state index in [0.29, 0.717) is 18.5 Å². The Kier molecular flexibility index (Phi) is 4.71. The van der Waals surface area contributed by atoms with Gasteiger partial charge >= 0.3 is 6.18 Å². The van der Waals surface area contributed by atoms with Gasteiger partial charge in [-0.05, 0) is 43.8 Å². The number of hydrogen-bond donors (Lipinski definition) is 0. The molecule has 2 saturated heterocycles. The first-order valence-electron chi connectivity index (χ1n) is 9.15. The number of rotatable bonds is 3. The van der Waals surface area contributed by atoms with E-state index in [1.807, 2.05) is 0 Å². The van der Waals surface area contributed by atoms with Gasteiger partial charge in [-0.25, -0.2) is 18.1 Å². The zero-order valence-corrected chi connectivity index (χ0v) is 15.8. The molecule has 150 valence electrons. The Bertz CT molecular complexity index is 699. The van der Waals surface area contributed by atoms with Crippen molar-refractivity contribution in [2.45, 2.75) is 55.6 Å². The van der Waals surface area contributed by atoms with Crippen molar-refractivity contribution < 1.29 is 22.0 Å². The minimum absolute atomic E-state index is 0.0106. The number of halogens is 5. The summed E-state index contributed by atoms with van der Waals surface area (Å²) in [5, 5.41) is 0. The Morgan fingerprint density at radius 2 is 1.70 bits per heavy atom. The summed E-state index contributed by atoms with van der Waals surface area (Å²) < 4.78 is 66.8. The highest BCUT2D eigenvalue weighted by molar-refractivity contribution is 7.97. The van der Waals surface area contributed by atoms with E-state index in [2.05, 4.69) is 14.2 Å². The van der Waals surface area contributed by atoms with Crippen molar-refractivity contribution >= 4 is 11.9 Å². The summed E-state index contributed by atoms with van der Waals surface area (Å²) in [4.78, 5) is 6.73. The third-order valence-corrected chi connectivity index (χ3v) is 7.00. The van der Waals surface area contributed by atoms with Crippen LogP contribution in [0.1, 0.15) is 37.1 Å². The van der Waals surface area contributed by atoms with Gasteiger partial charge in [-0.2, -0.15) is 13.2 Å². The van der Waals surface area contributed by atoms with Crippen LogP contribution in [0.5, 0.6) is 0 Å². The molecular formula is C18H22F5N3S.